The molecule has 11 heteroatoms. The van der Waals surface area contributed by atoms with E-state index < -0.39 is 24.2 Å². The minimum absolute atomic E-state index is 0.221. The molecule has 3 heterocycles. The molecule has 6 rings (SSSR count). The molecule has 0 spiro atoms. The topological polar surface area (TPSA) is 136 Å². The summed E-state index contributed by atoms with van der Waals surface area (Å²) in [6.07, 6.45) is 2.33. The van der Waals surface area contributed by atoms with Crippen LogP contribution in [0.1, 0.15) is 42.1 Å². The number of benzene rings is 1. The van der Waals surface area contributed by atoms with E-state index in [1.165, 1.54) is 23.5 Å². The van der Waals surface area contributed by atoms with E-state index in [2.05, 4.69) is 20.6 Å². The van der Waals surface area contributed by atoms with Crippen molar-refractivity contribution in [2.45, 2.75) is 56.9 Å². The summed E-state index contributed by atoms with van der Waals surface area (Å²) in [5, 5.41) is 37.9. The molecule has 9 nitrogen and oxygen atoms in total. The molecule has 5 N–H and O–H groups in total. The molecule has 198 valence electrons. The molecule has 3 aromatic heterocycles. The number of anilines is 2. The number of pyridine rings is 1. The van der Waals surface area contributed by atoms with E-state index in [1.54, 1.807) is 6.07 Å². The molecular formula is C27H29FN6O3S. The van der Waals surface area contributed by atoms with Crippen LogP contribution in [0.25, 0.3) is 20.8 Å². The van der Waals surface area contributed by atoms with Crippen LogP contribution in [-0.4, -0.2) is 60.1 Å². The number of aliphatic hydroxyl groups excluding tert-OH is 3. The minimum Gasteiger partial charge on any atom is -0.396 e. The second-order valence-corrected chi connectivity index (χ2v) is 11.1. The summed E-state index contributed by atoms with van der Waals surface area (Å²) < 4.78 is 14.7. The molecule has 4 atom stereocenters. The van der Waals surface area contributed by atoms with Crippen LogP contribution in [-0.2, 0) is 6.54 Å². The number of thiazole rings is 1. The molecule has 2 aliphatic carbocycles. The third-order valence-corrected chi connectivity index (χ3v) is 8.34. The Hall–Kier alpha value is -3.25. The Labute approximate surface area is 222 Å². The maximum absolute atomic E-state index is 13.6. The molecule has 1 aromatic carbocycles. The number of nitrogens with zero attached hydrogens (tertiary/aromatic N) is 4. The van der Waals surface area contributed by atoms with Gasteiger partial charge in [0.15, 0.2) is 0 Å². The van der Waals surface area contributed by atoms with Crippen molar-refractivity contribution < 1.29 is 19.7 Å². The van der Waals surface area contributed by atoms with Gasteiger partial charge in [0, 0.05) is 31.2 Å². The first-order valence-corrected chi connectivity index (χ1v) is 13.6. The fourth-order valence-corrected chi connectivity index (χ4v) is 6.17. The Bertz CT molecular complexity index is 1480. The normalized spacial score (nSPS) is 23.2. The lowest BCUT2D eigenvalue weighted by atomic mass is 10.1. The van der Waals surface area contributed by atoms with Crippen molar-refractivity contribution in [2.24, 2.45) is 5.92 Å². The van der Waals surface area contributed by atoms with Crippen molar-refractivity contribution in [3.05, 3.63) is 59.3 Å². The fourth-order valence-electron chi connectivity index (χ4n) is 5.10. The third kappa shape index (κ3) is 4.82. The molecule has 0 radical (unpaired) electrons. The molecule has 0 amide bonds. The van der Waals surface area contributed by atoms with Crippen LogP contribution in [0.5, 0.6) is 0 Å². The number of aliphatic hydroxyl groups is 3. The lowest BCUT2D eigenvalue weighted by Crippen LogP contribution is -2.35. The van der Waals surface area contributed by atoms with Crippen LogP contribution in [0.4, 0.5) is 16.2 Å². The number of aromatic nitrogens is 4. The number of hydrogen-bond acceptors (Lipinski definition) is 10. The number of halogens is 1. The lowest BCUT2D eigenvalue weighted by Gasteiger charge is -2.21. The van der Waals surface area contributed by atoms with E-state index in [-0.39, 0.29) is 12.4 Å². The highest BCUT2D eigenvalue weighted by Gasteiger charge is 2.41. The number of rotatable bonds is 8. The second-order valence-electron chi connectivity index (χ2n) is 10.1. The number of fused-ring (bicyclic) bond motifs is 1. The first kappa shape index (κ1) is 25.1. The predicted molar refractivity (Wildman–Crippen MR) is 143 cm³/mol. The highest BCUT2D eigenvalue weighted by Crippen LogP contribution is 2.44. The molecule has 4 unspecified atom stereocenters. The second kappa shape index (κ2) is 10.1. The zero-order valence-corrected chi connectivity index (χ0v) is 21.6. The maximum atomic E-state index is 13.6. The Morgan fingerprint density at radius 3 is 2.68 bits per heavy atom. The van der Waals surface area contributed by atoms with Gasteiger partial charge in [0.05, 0.1) is 33.8 Å². The van der Waals surface area contributed by atoms with Gasteiger partial charge in [0.1, 0.15) is 28.3 Å². The summed E-state index contributed by atoms with van der Waals surface area (Å²) in [5.41, 5.74) is 4.04. The highest BCUT2D eigenvalue weighted by molar-refractivity contribution is 7.21. The smallest absolute Gasteiger partial charge is 0.225 e. The molecular weight excluding hydrogens is 507 g/mol. The van der Waals surface area contributed by atoms with Gasteiger partial charge < -0.3 is 26.0 Å². The maximum Gasteiger partial charge on any atom is 0.225 e. The molecule has 0 bridgehead atoms. The van der Waals surface area contributed by atoms with Crippen LogP contribution in [0.15, 0.2) is 36.5 Å². The molecule has 2 saturated carbocycles. The molecule has 4 aromatic rings. The van der Waals surface area contributed by atoms with Gasteiger partial charge in [-0.25, -0.2) is 14.4 Å². The van der Waals surface area contributed by atoms with Gasteiger partial charge in [0.2, 0.25) is 5.95 Å². The van der Waals surface area contributed by atoms with E-state index in [0.717, 1.165) is 39.3 Å². The van der Waals surface area contributed by atoms with Crippen molar-refractivity contribution in [1.82, 2.24) is 19.9 Å². The van der Waals surface area contributed by atoms with Crippen molar-refractivity contribution in [3.63, 3.8) is 0 Å². The minimum atomic E-state index is -1.07. The van der Waals surface area contributed by atoms with Crippen LogP contribution in [0.3, 0.4) is 0 Å². The van der Waals surface area contributed by atoms with Gasteiger partial charge in [-0.2, -0.15) is 4.98 Å². The standard InChI is InChI=1S/C27H29FN6O3S/c1-13-20(26-33-22-19(38-26)7-8-29-21(22)15-5-6-15)25(32-18-10-16(12-35)23(36)24(18)37)34-27(31-13)30-11-14-3-2-4-17(28)9-14/h2-4,7-9,15-16,18,23-24,35-37H,5-6,10-12H2,1H3,(H2,30,31,32,34). The average molecular weight is 537 g/mol. The summed E-state index contributed by atoms with van der Waals surface area (Å²) in [6, 6.07) is 7.74. The van der Waals surface area contributed by atoms with Crippen molar-refractivity contribution in [3.8, 4) is 10.6 Å². The summed E-state index contributed by atoms with van der Waals surface area (Å²) in [6.45, 7) is 1.98. The van der Waals surface area contributed by atoms with Gasteiger partial charge >= 0.3 is 0 Å². The Kier molecular flexibility index (Phi) is 6.68. The van der Waals surface area contributed by atoms with Crippen LogP contribution < -0.4 is 10.6 Å². The van der Waals surface area contributed by atoms with Gasteiger partial charge in [-0.1, -0.05) is 12.1 Å². The Morgan fingerprint density at radius 1 is 1.11 bits per heavy atom. The van der Waals surface area contributed by atoms with Crippen LogP contribution in [0, 0.1) is 18.7 Å². The molecule has 38 heavy (non-hydrogen) atoms. The number of aryl methyl sites for hydroxylation is 1. The Balaban J connectivity index is 1.38. The summed E-state index contributed by atoms with van der Waals surface area (Å²) in [4.78, 5) is 19.0. The summed E-state index contributed by atoms with van der Waals surface area (Å²) >= 11 is 1.53. The van der Waals surface area contributed by atoms with E-state index >= 15 is 0 Å². The largest absolute Gasteiger partial charge is 0.396 e. The van der Waals surface area contributed by atoms with Gasteiger partial charge in [-0.05, 0) is 49.9 Å². The van der Waals surface area contributed by atoms with Crippen LogP contribution >= 0.6 is 11.3 Å². The first-order chi connectivity index (χ1) is 18.4. The molecule has 0 saturated heterocycles. The number of hydrogen-bond donors (Lipinski definition) is 5. The van der Waals surface area contributed by atoms with E-state index in [4.69, 9.17) is 9.97 Å². The number of nitrogens with one attached hydrogen (secondary N) is 2. The fraction of sp³-hybridized carbons (Fsp3) is 0.407. The van der Waals surface area contributed by atoms with Gasteiger partial charge in [-0.15, -0.1) is 11.3 Å². The van der Waals surface area contributed by atoms with Crippen molar-refractivity contribution in [2.75, 3.05) is 17.2 Å². The summed E-state index contributed by atoms with van der Waals surface area (Å²) in [7, 11) is 0. The first-order valence-electron chi connectivity index (χ1n) is 12.8. The zero-order valence-electron chi connectivity index (χ0n) is 20.8. The zero-order chi connectivity index (χ0) is 26.4. The van der Waals surface area contributed by atoms with Crippen LogP contribution in [0.2, 0.25) is 0 Å². The monoisotopic (exact) mass is 536 g/mol. The SMILES string of the molecule is Cc1nc(NCc2cccc(F)c2)nc(NC2CC(CO)C(O)C2O)c1-c1nc2c(C3CC3)nccc2s1. The Morgan fingerprint density at radius 2 is 1.95 bits per heavy atom. The average Bonchev–Trinajstić information content (AvgIpc) is 3.60. The quantitative estimate of drug-likeness (QED) is 0.229. The predicted octanol–water partition coefficient (Wildman–Crippen LogP) is 3.60. The van der Waals surface area contributed by atoms with E-state index in [9.17, 15) is 19.7 Å². The van der Waals surface area contributed by atoms with Crippen molar-refractivity contribution in [1.29, 1.82) is 0 Å². The molecule has 0 aliphatic heterocycles. The molecule has 2 aliphatic rings. The van der Waals surface area contributed by atoms with Gasteiger partial charge in [-0.3, -0.25) is 4.98 Å². The lowest BCUT2D eigenvalue weighted by molar-refractivity contribution is 0.00446. The van der Waals surface area contributed by atoms with E-state index in [0.29, 0.717) is 41.9 Å². The van der Waals surface area contributed by atoms with Gasteiger partial charge in [0.25, 0.3) is 0 Å². The third-order valence-electron chi connectivity index (χ3n) is 7.30. The van der Waals surface area contributed by atoms with Crippen molar-refractivity contribution >= 4 is 33.3 Å². The molecule has 2 fully saturated rings. The highest BCUT2D eigenvalue weighted by atomic mass is 32.1. The van der Waals surface area contributed by atoms with E-state index in [1.807, 2.05) is 25.3 Å². The summed E-state index contributed by atoms with van der Waals surface area (Å²) in [5.74, 6) is 0.500.